The Labute approximate surface area is 134 Å². The van der Waals surface area contributed by atoms with Crippen LogP contribution >= 0.6 is 0 Å². The van der Waals surface area contributed by atoms with Crippen molar-refractivity contribution in [3.8, 4) is 0 Å². The highest BCUT2D eigenvalue weighted by molar-refractivity contribution is 5.74. The fraction of sp³-hybridized carbons (Fsp3) is 0.412. The summed E-state index contributed by atoms with van der Waals surface area (Å²) in [4.78, 5) is 16.4. The lowest BCUT2D eigenvalue weighted by molar-refractivity contribution is 0.228. The summed E-state index contributed by atoms with van der Waals surface area (Å²) in [7, 11) is 1.88. The Morgan fingerprint density at radius 3 is 3.04 bits per heavy atom. The number of hydrogen-bond acceptors (Lipinski definition) is 2. The van der Waals surface area contributed by atoms with E-state index in [1.807, 2.05) is 23.9 Å². The van der Waals surface area contributed by atoms with Gasteiger partial charge in [-0.25, -0.2) is 14.2 Å². The second-order valence-corrected chi connectivity index (χ2v) is 6.08. The summed E-state index contributed by atoms with van der Waals surface area (Å²) < 4.78 is 15.8. The van der Waals surface area contributed by atoms with Gasteiger partial charge in [0.1, 0.15) is 11.6 Å². The molecule has 0 radical (unpaired) electrons. The number of fused-ring (bicyclic) bond motifs is 1. The summed E-state index contributed by atoms with van der Waals surface area (Å²) in [6.07, 6.45) is 5.10. The molecule has 1 heterocycles. The summed E-state index contributed by atoms with van der Waals surface area (Å²) in [5.74, 6) is 0.862. The number of nitrogens with one attached hydrogen (secondary N) is 2. The molecule has 5 nitrogen and oxygen atoms in total. The van der Waals surface area contributed by atoms with Crippen LogP contribution < -0.4 is 10.6 Å². The van der Waals surface area contributed by atoms with Crippen molar-refractivity contribution in [3.05, 3.63) is 53.4 Å². The van der Waals surface area contributed by atoms with Gasteiger partial charge in [0.25, 0.3) is 0 Å². The molecule has 0 spiro atoms. The zero-order valence-corrected chi connectivity index (χ0v) is 13.3. The van der Waals surface area contributed by atoms with Crippen LogP contribution in [0.2, 0.25) is 0 Å². The SMILES string of the molecule is CC1CCc2c(F)cccc2C1NC(=O)NCc1nccn1C. The number of hydrogen-bond donors (Lipinski definition) is 2. The molecule has 2 atom stereocenters. The summed E-state index contributed by atoms with van der Waals surface area (Å²) in [6.45, 7) is 2.43. The van der Waals surface area contributed by atoms with Gasteiger partial charge in [0, 0.05) is 19.4 Å². The largest absolute Gasteiger partial charge is 0.337 e. The van der Waals surface area contributed by atoms with Gasteiger partial charge in [0.15, 0.2) is 0 Å². The third-order valence-electron chi connectivity index (χ3n) is 4.52. The van der Waals surface area contributed by atoms with Crippen molar-refractivity contribution in [1.29, 1.82) is 0 Å². The number of urea groups is 1. The fourth-order valence-electron chi connectivity index (χ4n) is 3.11. The minimum absolute atomic E-state index is 0.171. The number of aromatic nitrogens is 2. The van der Waals surface area contributed by atoms with E-state index in [9.17, 15) is 9.18 Å². The minimum atomic E-state index is -0.262. The number of aryl methyl sites for hydroxylation is 1. The van der Waals surface area contributed by atoms with Gasteiger partial charge in [-0.2, -0.15) is 0 Å². The zero-order valence-electron chi connectivity index (χ0n) is 13.3. The molecule has 122 valence electrons. The van der Waals surface area contributed by atoms with Crippen LogP contribution in [0, 0.1) is 11.7 Å². The highest BCUT2D eigenvalue weighted by atomic mass is 19.1. The average molecular weight is 316 g/mol. The molecule has 0 saturated carbocycles. The predicted octanol–water partition coefficient (Wildman–Crippen LogP) is 2.68. The Kier molecular flexibility index (Phi) is 4.32. The molecule has 0 fully saturated rings. The molecular formula is C17H21FN4O. The van der Waals surface area contributed by atoms with Crippen molar-refractivity contribution in [2.24, 2.45) is 13.0 Å². The van der Waals surface area contributed by atoms with Crippen LogP contribution in [0.4, 0.5) is 9.18 Å². The van der Waals surface area contributed by atoms with Gasteiger partial charge in [0.05, 0.1) is 12.6 Å². The zero-order chi connectivity index (χ0) is 16.4. The van der Waals surface area contributed by atoms with Crippen LogP contribution in [-0.2, 0) is 20.0 Å². The Bertz CT molecular complexity index is 712. The molecule has 1 aliphatic carbocycles. The van der Waals surface area contributed by atoms with Crippen LogP contribution in [0.5, 0.6) is 0 Å². The van der Waals surface area contributed by atoms with Crippen LogP contribution in [0.15, 0.2) is 30.6 Å². The standard InChI is InChI=1S/C17H21FN4O/c1-11-6-7-12-13(4-3-5-14(12)18)16(11)21-17(23)20-10-15-19-8-9-22(15)2/h3-5,8-9,11,16H,6-7,10H2,1-2H3,(H2,20,21,23). The summed E-state index contributed by atoms with van der Waals surface area (Å²) in [5.41, 5.74) is 1.61. The number of carbonyl (C=O) groups is 1. The van der Waals surface area contributed by atoms with Crippen LogP contribution in [0.3, 0.4) is 0 Å². The number of benzene rings is 1. The summed E-state index contributed by atoms with van der Waals surface area (Å²) >= 11 is 0. The van der Waals surface area contributed by atoms with Crippen LogP contribution in [0.1, 0.15) is 36.3 Å². The van der Waals surface area contributed by atoms with Crippen LogP contribution in [0.25, 0.3) is 0 Å². The van der Waals surface area contributed by atoms with Crippen molar-refractivity contribution in [2.75, 3.05) is 0 Å². The van der Waals surface area contributed by atoms with E-state index >= 15 is 0 Å². The minimum Gasteiger partial charge on any atom is -0.337 e. The molecule has 0 bridgehead atoms. The normalized spacial score (nSPS) is 20.0. The van der Waals surface area contributed by atoms with Gasteiger partial charge in [-0.3, -0.25) is 0 Å². The summed E-state index contributed by atoms with van der Waals surface area (Å²) in [6, 6.07) is 4.65. The third kappa shape index (κ3) is 3.21. The van der Waals surface area contributed by atoms with Crippen molar-refractivity contribution >= 4 is 6.03 Å². The van der Waals surface area contributed by atoms with Gasteiger partial charge < -0.3 is 15.2 Å². The Balaban J connectivity index is 1.68. The number of rotatable bonds is 3. The maximum absolute atomic E-state index is 13.9. The first-order valence-corrected chi connectivity index (χ1v) is 7.84. The maximum atomic E-state index is 13.9. The Morgan fingerprint density at radius 1 is 1.48 bits per heavy atom. The molecule has 2 aromatic rings. The highest BCUT2D eigenvalue weighted by Gasteiger charge is 2.29. The van der Waals surface area contributed by atoms with E-state index in [2.05, 4.69) is 22.5 Å². The molecule has 2 N–H and O–H groups in total. The van der Waals surface area contributed by atoms with Crippen LogP contribution in [-0.4, -0.2) is 15.6 Å². The predicted molar refractivity (Wildman–Crippen MR) is 85.2 cm³/mol. The highest BCUT2D eigenvalue weighted by Crippen LogP contribution is 2.35. The molecule has 1 aliphatic rings. The number of carbonyl (C=O) groups excluding carboxylic acids is 1. The van der Waals surface area contributed by atoms with Crippen molar-refractivity contribution in [1.82, 2.24) is 20.2 Å². The smallest absolute Gasteiger partial charge is 0.315 e. The third-order valence-corrected chi connectivity index (χ3v) is 4.52. The van der Waals surface area contributed by atoms with Crippen molar-refractivity contribution in [2.45, 2.75) is 32.4 Å². The van der Waals surface area contributed by atoms with E-state index in [1.165, 1.54) is 6.07 Å². The molecule has 6 heteroatoms. The van der Waals surface area contributed by atoms with Crippen molar-refractivity contribution in [3.63, 3.8) is 0 Å². The number of amides is 2. The quantitative estimate of drug-likeness (QED) is 0.914. The van der Waals surface area contributed by atoms with Gasteiger partial charge in [-0.1, -0.05) is 19.1 Å². The number of halogens is 1. The number of imidazole rings is 1. The van der Waals surface area contributed by atoms with Gasteiger partial charge in [-0.05, 0) is 36.0 Å². The molecule has 0 aliphatic heterocycles. The molecule has 3 rings (SSSR count). The monoisotopic (exact) mass is 316 g/mol. The van der Waals surface area contributed by atoms with Gasteiger partial charge >= 0.3 is 6.03 Å². The Morgan fingerprint density at radius 2 is 2.30 bits per heavy atom. The van der Waals surface area contributed by atoms with E-state index in [1.54, 1.807) is 12.3 Å². The number of nitrogens with zero attached hydrogens (tertiary/aromatic N) is 2. The molecule has 1 aromatic carbocycles. The van der Waals surface area contributed by atoms with Crippen molar-refractivity contribution < 1.29 is 9.18 Å². The molecule has 2 amide bonds. The lowest BCUT2D eigenvalue weighted by Crippen LogP contribution is -2.41. The fourth-order valence-corrected chi connectivity index (χ4v) is 3.11. The first kappa shape index (κ1) is 15.5. The maximum Gasteiger partial charge on any atom is 0.315 e. The topological polar surface area (TPSA) is 59.0 Å². The lowest BCUT2D eigenvalue weighted by Gasteiger charge is -2.32. The molecular weight excluding hydrogens is 295 g/mol. The van der Waals surface area contributed by atoms with E-state index in [4.69, 9.17) is 0 Å². The summed E-state index contributed by atoms with van der Waals surface area (Å²) in [5, 5.41) is 5.79. The van der Waals surface area contributed by atoms with Gasteiger partial charge in [0.2, 0.25) is 0 Å². The lowest BCUT2D eigenvalue weighted by atomic mass is 9.80. The van der Waals surface area contributed by atoms with E-state index in [0.29, 0.717) is 6.54 Å². The van der Waals surface area contributed by atoms with Gasteiger partial charge in [-0.15, -0.1) is 0 Å². The van der Waals surface area contributed by atoms with E-state index in [-0.39, 0.29) is 23.8 Å². The first-order valence-electron chi connectivity index (χ1n) is 7.84. The molecule has 1 aromatic heterocycles. The molecule has 2 unspecified atom stereocenters. The first-order chi connectivity index (χ1) is 11.1. The second-order valence-electron chi connectivity index (χ2n) is 6.08. The molecule has 23 heavy (non-hydrogen) atoms. The van der Waals surface area contributed by atoms with E-state index in [0.717, 1.165) is 29.8 Å². The Hall–Kier alpha value is -2.37. The second kappa shape index (κ2) is 6.40. The molecule has 0 saturated heterocycles. The van der Waals surface area contributed by atoms with E-state index < -0.39 is 0 Å². The average Bonchev–Trinajstić information content (AvgIpc) is 2.93.